The average molecular weight is 370 g/mol. The molecule has 1 amide bonds. The zero-order chi connectivity index (χ0) is 18.8. The minimum atomic E-state index is -3.30. The SMILES string of the molecule is CN(C)c1ccc(C(=O)N2CCCN(S(C)(=O)=O)CC2)cc1[N+](=O)[O-]. The maximum atomic E-state index is 12.7. The number of nitro groups is 1. The van der Waals surface area contributed by atoms with Gasteiger partial charge in [-0.3, -0.25) is 14.9 Å². The normalized spacial score (nSPS) is 16.4. The highest BCUT2D eigenvalue weighted by atomic mass is 32.2. The lowest BCUT2D eigenvalue weighted by Crippen LogP contribution is -2.37. The third kappa shape index (κ3) is 4.45. The summed E-state index contributed by atoms with van der Waals surface area (Å²) in [4.78, 5) is 26.6. The van der Waals surface area contributed by atoms with Crippen LogP contribution in [-0.2, 0) is 10.0 Å². The second kappa shape index (κ2) is 7.36. The van der Waals surface area contributed by atoms with Gasteiger partial charge in [-0.25, -0.2) is 12.7 Å². The lowest BCUT2D eigenvalue weighted by molar-refractivity contribution is -0.384. The smallest absolute Gasteiger partial charge is 0.293 e. The number of nitro benzene ring substituents is 1. The number of nitrogens with zero attached hydrogens (tertiary/aromatic N) is 4. The highest BCUT2D eigenvalue weighted by molar-refractivity contribution is 7.88. The van der Waals surface area contributed by atoms with Crippen LogP contribution in [0, 0.1) is 10.1 Å². The predicted molar refractivity (Wildman–Crippen MR) is 94.4 cm³/mol. The molecule has 0 unspecified atom stereocenters. The molecular weight excluding hydrogens is 348 g/mol. The Kier molecular flexibility index (Phi) is 5.63. The Morgan fingerprint density at radius 3 is 2.44 bits per heavy atom. The number of benzene rings is 1. The summed E-state index contributed by atoms with van der Waals surface area (Å²) in [6.07, 6.45) is 1.67. The van der Waals surface area contributed by atoms with Crippen molar-refractivity contribution < 1.29 is 18.1 Å². The summed E-state index contributed by atoms with van der Waals surface area (Å²) in [6.45, 7) is 1.26. The number of anilines is 1. The lowest BCUT2D eigenvalue weighted by atomic mass is 10.1. The van der Waals surface area contributed by atoms with E-state index < -0.39 is 14.9 Å². The van der Waals surface area contributed by atoms with Gasteiger partial charge in [0.1, 0.15) is 5.69 Å². The van der Waals surface area contributed by atoms with Crippen molar-refractivity contribution in [1.82, 2.24) is 9.21 Å². The van der Waals surface area contributed by atoms with Gasteiger partial charge in [0.05, 0.1) is 11.2 Å². The van der Waals surface area contributed by atoms with Gasteiger partial charge in [-0.1, -0.05) is 0 Å². The molecular formula is C15H22N4O5S. The number of sulfonamides is 1. The first-order valence-electron chi connectivity index (χ1n) is 7.81. The van der Waals surface area contributed by atoms with E-state index in [1.165, 1.54) is 10.4 Å². The molecule has 0 radical (unpaired) electrons. The van der Waals surface area contributed by atoms with Crippen molar-refractivity contribution >= 4 is 27.3 Å². The van der Waals surface area contributed by atoms with E-state index in [4.69, 9.17) is 0 Å². The van der Waals surface area contributed by atoms with E-state index >= 15 is 0 Å². The summed E-state index contributed by atoms with van der Waals surface area (Å²) in [5.74, 6) is -0.330. The summed E-state index contributed by atoms with van der Waals surface area (Å²) in [5, 5.41) is 11.3. The Labute approximate surface area is 147 Å². The summed E-state index contributed by atoms with van der Waals surface area (Å²) in [7, 11) is 0.0902. The molecule has 9 nitrogen and oxygen atoms in total. The first-order chi connectivity index (χ1) is 11.6. The van der Waals surface area contributed by atoms with Crippen LogP contribution in [0.4, 0.5) is 11.4 Å². The second-order valence-electron chi connectivity index (χ2n) is 6.16. The Morgan fingerprint density at radius 2 is 1.88 bits per heavy atom. The summed E-state index contributed by atoms with van der Waals surface area (Å²) in [5.41, 5.74) is 0.509. The third-order valence-electron chi connectivity index (χ3n) is 4.11. The molecule has 0 aliphatic carbocycles. The number of carbonyl (C=O) groups is 1. The van der Waals surface area contributed by atoms with E-state index in [1.807, 2.05) is 0 Å². The van der Waals surface area contributed by atoms with E-state index in [0.717, 1.165) is 6.26 Å². The van der Waals surface area contributed by atoms with E-state index in [9.17, 15) is 23.3 Å². The van der Waals surface area contributed by atoms with Gasteiger partial charge < -0.3 is 9.80 Å². The van der Waals surface area contributed by atoms with Crippen molar-refractivity contribution in [3.8, 4) is 0 Å². The molecule has 1 heterocycles. The molecule has 25 heavy (non-hydrogen) atoms. The number of hydrogen-bond acceptors (Lipinski definition) is 6. The maximum Gasteiger partial charge on any atom is 0.293 e. The van der Waals surface area contributed by atoms with Crippen molar-refractivity contribution in [2.24, 2.45) is 0 Å². The van der Waals surface area contributed by atoms with Crippen LogP contribution < -0.4 is 4.90 Å². The molecule has 0 bridgehead atoms. The van der Waals surface area contributed by atoms with Gasteiger partial charge in [-0.05, 0) is 18.6 Å². The molecule has 1 aliphatic rings. The molecule has 0 aromatic heterocycles. The Bertz CT molecular complexity index is 778. The van der Waals surface area contributed by atoms with Gasteiger partial charge >= 0.3 is 0 Å². The summed E-state index contributed by atoms with van der Waals surface area (Å²) in [6, 6.07) is 4.38. The van der Waals surface area contributed by atoms with Gasteiger partial charge in [0, 0.05) is 51.9 Å². The highest BCUT2D eigenvalue weighted by Gasteiger charge is 2.26. The minimum absolute atomic E-state index is 0.136. The highest BCUT2D eigenvalue weighted by Crippen LogP contribution is 2.28. The minimum Gasteiger partial charge on any atom is -0.372 e. The Morgan fingerprint density at radius 1 is 1.20 bits per heavy atom. The molecule has 0 saturated carbocycles. The number of amides is 1. The van der Waals surface area contributed by atoms with E-state index in [2.05, 4.69) is 0 Å². The quantitative estimate of drug-likeness (QED) is 0.573. The van der Waals surface area contributed by atoms with E-state index in [-0.39, 0.29) is 30.2 Å². The second-order valence-corrected chi connectivity index (χ2v) is 8.15. The fraction of sp³-hybridized carbons (Fsp3) is 0.533. The van der Waals surface area contributed by atoms with Crippen molar-refractivity contribution in [3.63, 3.8) is 0 Å². The van der Waals surface area contributed by atoms with Crippen LogP contribution in [0.3, 0.4) is 0 Å². The van der Waals surface area contributed by atoms with Gasteiger partial charge in [0.15, 0.2) is 0 Å². The molecule has 138 valence electrons. The fourth-order valence-corrected chi connectivity index (χ4v) is 3.67. The summed E-state index contributed by atoms with van der Waals surface area (Å²) < 4.78 is 24.6. The molecule has 1 aromatic rings. The van der Waals surface area contributed by atoms with Crippen LogP contribution in [0.25, 0.3) is 0 Å². The molecule has 1 aliphatic heterocycles. The molecule has 1 fully saturated rings. The molecule has 0 spiro atoms. The topological polar surface area (TPSA) is 104 Å². The first kappa shape index (κ1) is 19.1. The van der Waals surface area contributed by atoms with E-state index in [1.54, 1.807) is 36.0 Å². The van der Waals surface area contributed by atoms with Gasteiger partial charge in [-0.2, -0.15) is 0 Å². The Hall–Kier alpha value is -2.20. The molecule has 1 aromatic carbocycles. The van der Waals surface area contributed by atoms with Gasteiger partial charge in [0.25, 0.3) is 11.6 Å². The van der Waals surface area contributed by atoms with Crippen molar-refractivity contribution in [2.75, 3.05) is 51.4 Å². The standard InChI is InChI=1S/C15H22N4O5S/c1-16(2)13-6-5-12(11-14(13)19(21)22)15(20)17-7-4-8-18(10-9-17)25(3,23)24/h5-6,11H,4,7-10H2,1-3H3. The predicted octanol–water partition coefficient (Wildman–Crippen LogP) is 0.768. The average Bonchev–Trinajstić information content (AvgIpc) is 2.79. The summed E-state index contributed by atoms with van der Waals surface area (Å²) >= 11 is 0. The van der Waals surface area contributed by atoms with Gasteiger partial charge in [-0.15, -0.1) is 0 Å². The van der Waals surface area contributed by atoms with Crippen LogP contribution in [0.15, 0.2) is 18.2 Å². The largest absolute Gasteiger partial charge is 0.372 e. The molecule has 0 atom stereocenters. The molecule has 10 heteroatoms. The molecule has 2 rings (SSSR count). The van der Waals surface area contributed by atoms with Crippen LogP contribution in [0.5, 0.6) is 0 Å². The number of hydrogen-bond donors (Lipinski definition) is 0. The van der Waals surface area contributed by atoms with Crippen molar-refractivity contribution in [3.05, 3.63) is 33.9 Å². The maximum absolute atomic E-state index is 12.7. The third-order valence-corrected chi connectivity index (χ3v) is 5.42. The van der Waals surface area contributed by atoms with Crippen LogP contribution in [0.2, 0.25) is 0 Å². The van der Waals surface area contributed by atoms with Crippen molar-refractivity contribution in [2.45, 2.75) is 6.42 Å². The zero-order valence-corrected chi connectivity index (χ0v) is 15.3. The van der Waals surface area contributed by atoms with Crippen LogP contribution in [-0.4, -0.2) is 75.0 Å². The first-order valence-corrected chi connectivity index (χ1v) is 9.66. The zero-order valence-electron chi connectivity index (χ0n) is 14.5. The number of rotatable bonds is 4. The molecule has 1 saturated heterocycles. The molecule has 0 N–H and O–H groups in total. The van der Waals surface area contributed by atoms with Crippen LogP contribution >= 0.6 is 0 Å². The number of carbonyl (C=O) groups excluding carboxylic acids is 1. The van der Waals surface area contributed by atoms with E-state index in [0.29, 0.717) is 25.2 Å². The monoisotopic (exact) mass is 370 g/mol. The lowest BCUT2D eigenvalue weighted by Gasteiger charge is -2.21. The fourth-order valence-electron chi connectivity index (χ4n) is 2.79. The Balaban J connectivity index is 2.23. The van der Waals surface area contributed by atoms with Gasteiger partial charge in [0.2, 0.25) is 10.0 Å². The van der Waals surface area contributed by atoms with Crippen molar-refractivity contribution in [1.29, 1.82) is 0 Å². The van der Waals surface area contributed by atoms with Crippen LogP contribution in [0.1, 0.15) is 16.8 Å².